The van der Waals surface area contributed by atoms with Gasteiger partial charge in [-0.05, 0) is 13.1 Å². The highest BCUT2D eigenvalue weighted by molar-refractivity contribution is 5.85. The monoisotopic (exact) mass is 280 g/mol. The van der Waals surface area contributed by atoms with E-state index in [0.717, 1.165) is 25.3 Å². The van der Waals surface area contributed by atoms with Crippen molar-refractivity contribution in [2.75, 3.05) is 51.4 Å². The van der Waals surface area contributed by atoms with Crippen LogP contribution in [-0.2, 0) is 4.74 Å². The van der Waals surface area contributed by atoms with Crippen LogP contribution in [-0.4, -0.2) is 50.3 Å². The molecular weight excluding hydrogens is 260 g/mol. The number of rotatable bonds is 7. The van der Waals surface area contributed by atoms with E-state index in [2.05, 4.69) is 15.2 Å². The summed E-state index contributed by atoms with van der Waals surface area (Å²) in [6, 6.07) is 3.43. The van der Waals surface area contributed by atoms with Crippen molar-refractivity contribution in [2.24, 2.45) is 0 Å². The predicted molar refractivity (Wildman–Crippen MR) is 79.1 cm³/mol. The molecule has 1 aromatic carbocycles. The Hall–Kier alpha value is -1.99. The number of oxazole rings is 1. The number of ether oxygens (including phenoxy) is 1. The van der Waals surface area contributed by atoms with E-state index < -0.39 is 5.76 Å². The lowest BCUT2D eigenvalue weighted by molar-refractivity contribution is 0.163. The number of methoxy groups -OCH3 is 1. The third-order valence-electron chi connectivity index (χ3n) is 3.08. The Morgan fingerprint density at radius 3 is 3.00 bits per heavy atom. The number of hydrogen-bond acceptors (Lipinski definition) is 6. The topological polar surface area (TPSA) is 96.5 Å². The Kier molecular flexibility index (Phi) is 4.65. The third kappa shape index (κ3) is 3.52. The molecule has 110 valence electrons. The molecular formula is C13H20N4O3. The number of hydrogen-bond donors (Lipinski definition) is 3. The van der Waals surface area contributed by atoms with Crippen LogP contribution < -0.4 is 16.8 Å². The molecule has 1 aromatic heterocycles. The van der Waals surface area contributed by atoms with Crippen LogP contribution in [0.3, 0.4) is 0 Å². The van der Waals surface area contributed by atoms with E-state index in [0.29, 0.717) is 23.4 Å². The number of aromatic nitrogens is 1. The second-order valence-electron chi connectivity index (χ2n) is 4.67. The summed E-state index contributed by atoms with van der Waals surface area (Å²) in [6.07, 6.45) is 0. The molecule has 0 aliphatic carbocycles. The average molecular weight is 280 g/mol. The minimum atomic E-state index is -0.476. The number of anilines is 2. The normalized spacial score (nSPS) is 11.3. The first kappa shape index (κ1) is 14.4. The van der Waals surface area contributed by atoms with Crippen LogP contribution in [0.15, 0.2) is 21.3 Å². The van der Waals surface area contributed by atoms with Gasteiger partial charge >= 0.3 is 5.76 Å². The van der Waals surface area contributed by atoms with Crippen molar-refractivity contribution in [1.82, 2.24) is 9.88 Å². The molecule has 0 radical (unpaired) electrons. The van der Waals surface area contributed by atoms with Crippen molar-refractivity contribution in [1.29, 1.82) is 0 Å². The average Bonchev–Trinajstić information content (AvgIpc) is 2.75. The number of aromatic amines is 1. The van der Waals surface area contributed by atoms with Gasteiger partial charge in [0, 0.05) is 32.8 Å². The molecule has 0 unspecified atom stereocenters. The highest BCUT2D eigenvalue weighted by Crippen LogP contribution is 2.23. The minimum absolute atomic E-state index is 0.468. The van der Waals surface area contributed by atoms with Crippen LogP contribution in [0.25, 0.3) is 11.1 Å². The van der Waals surface area contributed by atoms with Crippen LogP contribution in [0.5, 0.6) is 0 Å². The van der Waals surface area contributed by atoms with Gasteiger partial charge in [-0.3, -0.25) is 4.98 Å². The number of nitrogen functional groups attached to an aromatic ring is 1. The van der Waals surface area contributed by atoms with Crippen molar-refractivity contribution in [2.45, 2.75) is 0 Å². The zero-order valence-electron chi connectivity index (χ0n) is 11.7. The Morgan fingerprint density at radius 1 is 1.45 bits per heavy atom. The smallest absolute Gasteiger partial charge is 0.408 e. The summed E-state index contributed by atoms with van der Waals surface area (Å²) in [4.78, 5) is 15.9. The Labute approximate surface area is 116 Å². The summed E-state index contributed by atoms with van der Waals surface area (Å²) in [5.41, 5.74) is 8.37. The molecule has 7 nitrogen and oxygen atoms in total. The van der Waals surface area contributed by atoms with E-state index in [1.165, 1.54) is 0 Å². The van der Waals surface area contributed by atoms with Crippen LogP contribution in [0.4, 0.5) is 11.4 Å². The lowest BCUT2D eigenvalue weighted by Gasteiger charge is -2.17. The first-order chi connectivity index (χ1) is 9.60. The van der Waals surface area contributed by atoms with Gasteiger partial charge in [-0.2, -0.15) is 0 Å². The molecule has 2 rings (SSSR count). The van der Waals surface area contributed by atoms with Crippen molar-refractivity contribution in [3.8, 4) is 0 Å². The van der Waals surface area contributed by atoms with Crippen LogP contribution in [0, 0.1) is 0 Å². The van der Waals surface area contributed by atoms with Crippen molar-refractivity contribution < 1.29 is 9.15 Å². The van der Waals surface area contributed by atoms with Gasteiger partial charge in [0.15, 0.2) is 5.58 Å². The molecule has 0 bridgehead atoms. The molecule has 0 spiro atoms. The third-order valence-corrected chi connectivity index (χ3v) is 3.08. The first-order valence-electron chi connectivity index (χ1n) is 6.44. The van der Waals surface area contributed by atoms with E-state index >= 15 is 0 Å². The summed E-state index contributed by atoms with van der Waals surface area (Å²) in [5, 5.41) is 3.25. The second-order valence-corrected chi connectivity index (χ2v) is 4.67. The molecule has 0 aliphatic rings. The largest absolute Gasteiger partial charge is 0.417 e. The second kappa shape index (κ2) is 6.44. The lowest BCUT2D eigenvalue weighted by Crippen LogP contribution is -2.28. The number of nitrogens with one attached hydrogen (secondary N) is 2. The maximum absolute atomic E-state index is 11.1. The Bertz CT molecular complexity index is 620. The zero-order chi connectivity index (χ0) is 14.5. The number of benzene rings is 1. The first-order valence-corrected chi connectivity index (χ1v) is 6.44. The highest BCUT2D eigenvalue weighted by atomic mass is 16.5. The van der Waals surface area contributed by atoms with Gasteiger partial charge in [0.2, 0.25) is 0 Å². The van der Waals surface area contributed by atoms with Gasteiger partial charge in [-0.1, -0.05) is 0 Å². The fraction of sp³-hybridized carbons (Fsp3) is 0.462. The maximum Gasteiger partial charge on any atom is 0.417 e. The highest BCUT2D eigenvalue weighted by Gasteiger charge is 2.06. The Morgan fingerprint density at radius 2 is 2.25 bits per heavy atom. The molecule has 0 atom stereocenters. The van der Waals surface area contributed by atoms with Gasteiger partial charge < -0.3 is 25.1 Å². The Balaban J connectivity index is 1.95. The van der Waals surface area contributed by atoms with Crippen molar-refractivity contribution in [3.63, 3.8) is 0 Å². The fourth-order valence-electron chi connectivity index (χ4n) is 1.91. The lowest BCUT2D eigenvalue weighted by atomic mass is 10.2. The SMILES string of the molecule is COCCN(C)CCNc1cc2[nH]c(=O)oc2cc1N. The van der Waals surface area contributed by atoms with E-state index in [1.54, 1.807) is 19.2 Å². The van der Waals surface area contributed by atoms with Crippen LogP contribution in [0.2, 0.25) is 0 Å². The summed E-state index contributed by atoms with van der Waals surface area (Å²) in [5.74, 6) is -0.476. The molecule has 0 amide bonds. The van der Waals surface area contributed by atoms with Crippen LogP contribution in [0.1, 0.15) is 0 Å². The van der Waals surface area contributed by atoms with E-state index in [4.69, 9.17) is 14.9 Å². The quantitative estimate of drug-likeness (QED) is 0.646. The summed E-state index contributed by atoms with van der Waals surface area (Å²) < 4.78 is 9.97. The van der Waals surface area contributed by atoms with Crippen LogP contribution >= 0.6 is 0 Å². The van der Waals surface area contributed by atoms with Gasteiger partial charge in [0.05, 0.1) is 23.5 Å². The molecule has 0 aliphatic heterocycles. The summed E-state index contributed by atoms with van der Waals surface area (Å²) in [7, 11) is 3.72. The predicted octanol–water partition coefficient (Wildman–Crippen LogP) is 0.693. The number of H-pyrrole nitrogens is 1. The molecule has 0 fully saturated rings. The fourth-order valence-corrected chi connectivity index (χ4v) is 1.91. The van der Waals surface area contributed by atoms with Gasteiger partial charge in [-0.25, -0.2) is 4.79 Å². The summed E-state index contributed by atoms with van der Waals surface area (Å²) >= 11 is 0. The van der Waals surface area contributed by atoms with Gasteiger partial charge in [0.25, 0.3) is 0 Å². The molecule has 4 N–H and O–H groups in total. The van der Waals surface area contributed by atoms with Gasteiger partial charge in [-0.15, -0.1) is 0 Å². The standard InChI is InChI=1S/C13H20N4O3/c1-17(5-6-19-2)4-3-15-10-8-11-12(7-9(10)14)20-13(18)16-11/h7-8,15H,3-6,14H2,1-2H3,(H,16,18). The molecule has 0 saturated carbocycles. The maximum atomic E-state index is 11.1. The van der Waals surface area contributed by atoms with Gasteiger partial charge in [0.1, 0.15) is 0 Å². The van der Waals surface area contributed by atoms with E-state index in [-0.39, 0.29) is 0 Å². The minimum Gasteiger partial charge on any atom is -0.408 e. The number of fused-ring (bicyclic) bond motifs is 1. The molecule has 7 heteroatoms. The molecule has 1 heterocycles. The van der Waals surface area contributed by atoms with E-state index in [9.17, 15) is 4.79 Å². The molecule has 20 heavy (non-hydrogen) atoms. The van der Waals surface area contributed by atoms with Crippen molar-refractivity contribution >= 4 is 22.5 Å². The number of likely N-dealkylation sites (N-methyl/N-ethyl adjacent to an activating group) is 1. The van der Waals surface area contributed by atoms with E-state index in [1.807, 2.05) is 7.05 Å². The number of nitrogens with zero attached hydrogens (tertiary/aromatic N) is 1. The summed E-state index contributed by atoms with van der Waals surface area (Å²) in [6.45, 7) is 3.20. The number of nitrogens with two attached hydrogens (primary N) is 1. The van der Waals surface area contributed by atoms with Crippen molar-refractivity contribution in [3.05, 3.63) is 22.7 Å². The molecule has 0 saturated heterocycles. The molecule has 2 aromatic rings. The zero-order valence-corrected chi connectivity index (χ0v) is 11.7.